The van der Waals surface area contributed by atoms with Crippen molar-refractivity contribution in [2.45, 2.75) is 32.2 Å². The van der Waals surface area contributed by atoms with Gasteiger partial charge < -0.3 is 11.1 Å². The van der Waals surface area contributed by atoms with Crippen LogP contribution >= 0.6 is 15.9 Å². The van der Waals surface area contributed by atoms with Gasteiger partial charge in [-0.3, -0.25) is 0 Å². The smallest absolute Gasteiger partial charge is 0.155 e. The van der Waals surface area contributed by atoms with Gasteiger partial charge in [-0.1, -0.05) is 19.3 Å². The minimum absolute atomic E-state index is 0.411. The van der Waals surface area contributed by atoms with Gasteiger partial charge in [0.1, 0.15) is 10.4 Å². The first-order valence-corrected chi connectivity index (χ1v) is 7.55. The van der Waals surface area contributed by atoms with Crippen LogP contribution in [-0.4, -0.2) is 21.1 Å². The van der Waals surface area contributed by atoms with E-state index in [9.17, 15) is 0 Å². The van der Waals surface area contributed by atoms with Crippen molar-refractivity contribution in [1.29, 1.82) is 0 Å². The van der Waals surface area contributed by atoms with Gasteiger partial charge in [0.25, 0.3) is 0 Å². The number of halogens is 1. The zero-order valence-corrected chi connectivity index (χ0v) is 12.4. The van der Waals surface area contributed by atoms with Crippen molar-refractivity contribution in [3.05, 3.63) is 22.4 Å². The van der Waals surface area contributed by atoms with Crippen molar-refractivity contribution in [3.8, 4) is 0 Å². The van der Waals surface area contributed by atoms with Crippen LogP contribution in [0.4, 0.5) is 5.82 Å². The van der Waals surface area contributed by atoms with Crippen LogP contribution in [0.3, 0.4) is 0 Å². The number of aromatic nitrogens is 3. The highest BCUT2D eigenvalue weighted by Gasteiger charge is 2.16. The highest BCUT2D eigenvalue weighted by Crippen LogP contribution is 2.29. The predicted molar refractivity (Wildman–Crippen MR) is 79.0 cm³/mol. The lowest BCUT2D eigenvalue weighted by molar-refractivity contribution is 0.303. The second-order valence-corrected chi connectivity index (χ2v) is 5.81. The summed E-state index contributed by atoms with van der Waals surface area (Å²) in [6, 6.07) is 3.93. The first-order chi connectivity index (χ1) is 9.28. The molecule has 2 aromatic heterocycles. The van der Waals surface area contributed by atoms with Crippen molar-refractivity contribution in [2.75, 3.05) is 11.9 Å². The molecule has 3 rings (SSSR count). The Labute approximate surface area is 120 Å². The summed E-state index contributed by atoms with van der Waals surface area (Å²) in [4.78, 5) is 4.40. The van der Waals surface area contributed by atoms with Gasteiger partial charge in [0.05, 0.1) is 5.69 Å². The summed E-state index contributed by atoms with van der Waals surface area (Å²) >= 11 is 3.49. The zero-order chi connectivity index (χ0) is 13.2. The van der Waals surface area contributed by atoms with Gasteiger partial charge in [0.15, 0.2) is 5.65 Å². The van der Waals surface area contributed by atoms with E-state index in [1.54, 1.807) is 4.52 Å². The summed E-state index contributed by atoms with van der Waals surface area (Å²) in [6.07, 6.45) is 5.42. The van der Waals surface area contributed by atoms with Crippen molar-refractivity contribution in [1.82, 2.24) is 14.6 Å². The minimum atomic E-state index is 0.411. The monoisotopic (exact) mass is 323 g/mol. The molecule has 1 aliphatic rings. The lowest BCUT2D eigenvalue weighted by Crippen LogP contribution is -2.16. The number of imidazole rings is 1. The highest BCUT2D eigenvalue weighted by molar-refractivity contribution is 9.10. The Hall–Kier alpha value is -1.14. The van der Waals surface area contributed by atoms with Crippen molar-refractivity contribution in [2.24, 2.45) is 11.7 Å². The maximum Gasteiger partial charge on any atom is 0.155 e. The van der Waals surface area contributed by atoms with E-state index >= 15 is 0 Å². The molecule has 0 saturated heterocycles. The molecule has 6 heteroatoms. The molecule has 1 fully saturated rings. The Balaban J connectivity index is 1.71. The summed E-state index contributed by atoms with van der Waals surface area (Å²) in [5.41, 5.74) is 7.29. The third-order valence-electron chi connectivity index (χ3n) is 3.77. The fraction of sp³-hybridized carbons (Fsp3) is 0.538. The Bertz CT molecular complexity index is 576. The maximum atomic E-state index is 5.64. The molecule has 2 aromatic rings. The summed E-state index contributed by atoms with van der Waals surface area (Å²) in [5, 5.41) is 7.90. The topological polar surface area (TPSA) is 68.2 Å². The number of nitrogens with two attached hydrogens (primary N) is 1. The van der Waals surface area contributed by atoms with Crippen molar-refractivity contribution >= 4 is 27.4 Å². The van der Waals surface area contributed by atoms with Crippen LogP contribution in [-0.2, 0) is 6.54 Å². The largest absolute Gasteiger partial charge is 0.369 e. The van der Waals surface area contributed by atoms with Crippen LogP contribution in [0, 0.1) is 5.92 Å². The fourth-order valence-corrected chi connectivity index (χ4v) is 2.87. The van der Waals surface area contributed by atoms with E-state index in [-0.39, 0.29) is 0 Å². The number of fused-ring (bicyclic) bond motifs is 1. The third-order valence-corrected chi connectivity index (χ3v) is 4.56. The van der Waals surface area contributed by atoms with E-state index in [2.05, 4.69) is 31.3 Å². The van der Waals surface area contributed by atoms with Gasteiger partial charge in [0, 0.05) is 13.1 Å². The molecule has 102 valence electrons. The fourth-order valence-electron chi connectivity index (χ4n) is 2.36. The second-order valence-electron chi connectivity index (χ2n) is 5.05. The minimum Gasteiger partial charge on any atom is -0.369 e. The molecule has 0 atom stereocenters. The molecule has 0 radical (unpaired) electrons. The van der Waals surface area contributed by atoms with Gasteiger partial charge in [-0.05, 0) is 40.4 Å². The Morgan fingerprint density at radius 2 is 2.26 bits per heavy atom. The normalized spacial score (nSPS) is 15.7. The van der Waals surface area contributed by atoms with E-state index < -0.39 is 0 Å². The average molecular weight is 324 g/mol. The third kappa shape index (κ3) is 2.60. The molecule has 5 nitrogen and oxygen atoms in total. The van der Waals surface area contributed by atoms with E-state index in [0.717, 1.165) is 34.2 Å². The van der Waals surface area contributed by atoms with Gasteiger partial charge in [0.2, 0.25) is 0 Å². The lowest BCUT2D eigenvalue weighted by Gasteiger charge is -2.25. The van der Waals surface area contributed by atoms with Gasteiger partial charge in [-0.2, -0.15) is 0 Å². The molecule has 0 bridgehead atoms. The molecular weight excluding hydrogens is 306 g/mol. The van der Waals surface area contributed by atoms with Crippen LogP contribution in [0.15, 0.2) is 16.7 Å². The van der Waals surface area contributed by atoms with Gasteiger partial charge >= 0.3 is 0 Å². The summed E-state index contributed by atoms with van der Waals surface area (Å²) < 4.78 is 2.63. The van der Waals surface area contributed by atoms with E-state index in [1.807, 2.05) is 12.1 Å². The summed E-state index contributed by atoms with van der Waals surface area (Å²) in [6.45, 7) is 1.40. The number of rotatable bonds is 5. The van der Waals surface area contributed by atoms with Crippen LogP contribution in [0.1, 0.15) is 31.4 Å². The SMILES string of the molecule is NCc1nc2ccc(NCCC3CCC3)nn2c1Br. The molecule has 0 amide bonds. The first-order valence-electron chi connectivity index (χ1n) is 6.76. The Morgan fingerprint density at radius 3 is 2.95 bits per heavy atom. The summed E-state index contributed by atoms with van der Waals surface area (Å²) in [5.74, 6) is 1.80. The van der Waals surface area contributed by atoms with Crippen LogP contribution < -0.4 is 11.1 Å². The standard InChI is InChI=1S/C13H18BrN5/c14-13-10(8-15)17-12-5-4-11(18-19(12)13)16-7-6-9-2-1-3-9/h4-5,9H,1-3,6-8,15H2,(H,16,18). The Kier molecular flexibility index (Phi) is 3.70. The second kappa shape index (κ2) is 5.46. The molecular formula is C13H18BrN5. The van der Waals surface area contributed by atoms with Gasteiger partial charge in [-0.15, -0.1) is 5.10 Å². The van der Waals surface area contributed by atoms with Crippen LogP contribution in [0.5, 0.6) is 0 Å². The summed E-state index contributed by atoms with van der Waals surface area (Å²) in [7, 11) is 0. The van der Waals surface area contributed by atoms with Crippen LogP contribution in [0.25, 0.3) is 5.65 Å². The van der Waals surface area contributed by atoms with Crippen molar-refractivity contribution in [3.63, 3.8) is 0 Å². The molecule has 3 N–H and O–H groups in total. The number of anilines is 1. The zero-order valence-electron chi connectivity index (χ0n) is 10.8. The number of hydrogen-bond donors (Lipinski definition) is 2. The molecule has 0 aliphatic heterocycles. The Morgan fingerprint density at radius 1 is 1.42 bits per heavy atom. The molecule has 0 unspecified atom stereocenters. The highest BCUT2D eigenvalue weighted by atomic mass is 79.9. The molecule has 19 heavy (non-hydrogen) atoms. The van der Waals surface area contributed by atoms with E-state index in [1.165, 1.54) is 25.7 Å². The molecule has 1 aliphatic carbocycles. The van der Waals surface area contributed by atoms with Gasteiger partial charge in [-0.25, -0.2) is 9.50 Å². The number of nitrogens with one attached hydrogen (secondary N) is 1. The number of nitrogens with zero attached hydrogens (tertiary/aromatic N) is 3. The molecule has 0 aromatic carbocycles. The van der Waals surface area contributed by atoms with E-state index in [0.29, 0.717) is 6.54 Å². The van der Waals surface area contributed by atoms with E-state index in [4.69, 9.17) is 5.73 Å². The molecule has 1 saturated carbocycles. The first kappa shape index (κ1) is 12.9. The van der Waals surface area contributed by atoms with Crippen LogP contribution in [0.2, 0.25) is 0 Å². The predicted octanol–water partition coefficient (Wildman–Crippen LogP) is 2.55. The molecule has 0 spiro atoms. The molecule has 2 heterocycles. The quantitative estimate of drug-likeness (QED) is 0.887. The number of hydrogen-bond acceptors (Lipinski definition) is 4. The maximum absolute atomic E-state index is 5.64. The van der Waals surface area contributed by atoms with Crippen molar-refractivity contribution < 1.29 is 0 Å². The lowest BCUT2D eigenvalue weighted by atomic mass is 9.83. The average Bonchev–Trinajstić information content (AvgIpc) is 2.69.